The van der Waals surface area contributed by atoms with Crippen molar-refractivity contribution in [2.24, 2.45) is 7.05 Å². The molecule has 1 saturated heterocycles. The molecule has 1 aromatic heterocycles. The Hall–Kier alpha value is -1.88. The Morgan fingerprint density at radius 3 is 2.62 bits per heavy atom. The van der Waals surface area contributed by atoms with Crippen LogP contribution in [0.15, 0.2) is 24.5 Å². The first-order chi connectivity index (χ1) is 12.7. The van der Waals surface area contributed by atoms with Gasteiger partial charge in [-0.3, -0.25) is 9.69 Å². The van der Waals surface area contributed by atoms with Crippen LogP contribution in [-0.2, 0) is 7.05 Å². The summed E-state index contributed by atoms with van der Waals surface area (Å²) in [6.45, 7) is 3.15. The molecule has 1 aromatic carbocycles. The second kappa shape index (κ2) is 7.39. The fourth-order valence-electron chi connectivity index (χ4n) is 4.81. The van der Waals surface area contributed by atoms with Crippen molar-refractivity contribution in [3.05, 3.63) is 30.1 Å². The molecule has 1 saturated carbocycles. The van der Waals surface area contributed by atoms with Crippen LogP contribution < -0.4 is 5.32 Å². The molecule has 1 aliphatic heterocycles. The number of fused-ring (bicyclic) bond motifs is 1. The second-order valence-electron chi connectivity index (χ2n) is 8.07. The van der Waals surface area contributed by atoms with Crippen LogP contribution in [0.5, 0.6) is 0 Å². The van der Waals surface area contributed by atoms with Crippen LogP contribution in [0.3, 0.4) is 0 Å². The number of rotatable bonds is 4. The van der Waals surface area contributed by atoms with Crippen molar-refractivity contribution < 1.29 is 4.79 Å². The third-order valence-corrected chi connectivity index (χ3v) is 6.38. The zero-order chi connectivity index (χ0) is 18.0. The molecule has 5 heteroatoms. The zero-order valence-corrected chi connectivity index (χ0v) is 15.8. The Morgan fingerprint density at radius 1 is 1.12 bits per heavy atom. The Labute approximate surface area is 155 Å². The van der Waals surface area contributed by atoms with Gasteiger partial charge in [0.25, 0.3) is 5.91 Å². The van der Waals surface area contributed by atoms with E-state index in [0.717, 1.165) is 17.6 Å². The van der Waals surface area contributed by atoms with Crippen LogP contribution in [0, 0.1) is 0 Å². The van der Waals surface area contributed by atoms with E-state index in [1.54, 1.807) is 6.33 Å². The molecule has 0 unspecified atom stereocenters. The highest BCUT2D eigenvalue weighted by atomic mass is 16.1. The van der Waals surface area contributed by atoms with Gasteiger partial charge in [0.05, 0.1) is 17.4 Å². The largest absolute Gasteiger partial charge is 0.350 e. The van der Waals surface area contributed by atoms with Gasteiger partial charge in [-0.1, -0.05) is 25.7 Å². The van der Waals surface area contributed by atoms with E-state index < -0.39 is 0 Å². The summed E-state index contributed by atoms with van der Waals surface area (Å²) in [6.07, 6.45) is 12.1. The molecule has 0 spiro atoms. The smallest absolute Gasteiger partial charge is 0.251 e. The molecule has 2 aliphatic rings. The maximum absolute atomic E-state index is 12.8. The molecular weight excluding hydrogens is 324 g/mol. The van der Waals surface area contributed by atoms with E-state index in [1.165, 1.54) is 64.5 Å². The van der Waals surface area contributed by atoms with Crippen molar-refractivity contribution in [3.63, 3.8) is 0 Å². The third kappa shape index (κ3) is 3.37. The number of aryl methyl sites for hydroxylation is 1. The highest BCUT2D eigenvalue weighted by Gasteiger charge is 2.38. The summed E-state index contributed by atoms with van der Waals surface area (Å²) >= 11 is 0. The van der Waals surface area contributed by atoms with Gasteiger partial charge in [0, 0.05) is 24.7 Å². The van der Waals surface area contributed by atoms with Gasteiger partial charge in [0.1, 0.15) is 0 Å². The first-order valence-electron chi connectivity index (χ1n) is 10.1. The number of benzene rings is 1. The molecule has 0 atom stereocenters. The molecular formula is C21H30N4O. The monoisotopic (exact) mass is 354 g/mol. The second-order valence-corrected chi connectivity index (χ2v) is 8.07. The molecule has 2 aromatic rings. The maximum atomic E-state index is 12.8. The minimum atomic E-state index is 0.0273. The summed E-state index contributed by atoms with van der Waals surface area (Å²) in [5.74, 6) is 0.0273. The molecule has 2 heterocycles. The maximum Gasteiger partial charge on any atom is 0.251 e. The summed E-state index contributed by atoms with van der Waals surface area (Å²) in [7, 11) is 1.97. The van der Waals surface area contributed by atoms with Crippen LogP contribution in [0.2, 0.25) is 0 Å². The number of aromatic nitrogens is 2. The number of carbonyl (C=O) groups is 1. The van der Waals surface area contributed by atoms with Gasteiger partial charge < -0.3 is 9.88 Å². The highest BCUT2D eigenvalue weighted by Crippen LogP contribution is 2.35. The standard InChI is InChI=1S/C21H30N4O/c1-24-16-23-18-14-17(8-9-19(18)24)20(26)22-15-21(10-4-2-5-11-21)25-12-6-3-7-13-25/h8-9,14,16H,2-7,10-13,15H2,1H3,(H,22,26). The van der Waals surface area contributed by atoms with Crippen LogP contribution in [0.1, 0.15) is 61.7 Å². The van der Waals surface area contributed by atoms with Gasteiger partial charge in [-0.05, 0) is 57.0 Å². The highest BCUT2D eigenvalue weighted by molar-refractivity contribution is 5.97. The SMILES string of the molecule is Cn1cnc2cc(C(=O)NCC3(N4CCCCC4)CCCCC3)ccc21. The lowest BCUT2D eigenvalue weighted by Gasteiger charge is -2.48. The minimum Gasteiger partial charge on any atom is -0.350 e. The molecule has 2 fully saturated rings. The number of amides is 1. The summed E-state index contributed by atoms with van der Waals surface area (Å²) in [5, 5.41) is 3.26. The molecule has 5 nitrogen and oxygen atoms in total. The molecule has 1 amide bonds. The Morgan fingerprint density at radius 2 is 1.85 bits per heavy atom. The zero-order valence-electron chi connectivity index (χ0n) is 15.8. The molecule has 1 N–H and O–H groups in total. The van der Waals surface area contributed by atoms with Gasteiger partial charge in [-0.15, -0.1) is 0 Å². The number of hydrogen-bond donors (Lipinski definition) is 1. The molecule has 4 rings (SSSR count). The molecule has 0 bridgehead atoms. The van der Waals surface area contributed by atoms with Crippen LogP contribution in [-0.4, -0.2) is 45.5 Å². The van der Waals surface area contributed by atoms with E-state index in [1.807, 2.05) is 29.8 Å². The summed E-state index contributed by atoms with van der Waals surface area (Å²) in [5.41, 5.74) is 2.81. The summed E-state index contributed by atoms with van der Waals surface area (Å²) in [4.78, 5) is 19.9. The van der Waals surface area contributed by atoms with E-state index in [-0.39, 0.29) is 11.4 Å². The minimum absolute atomic E-state index is 0.0273. The van der Waals surface area contributed by atoms with Crippen LogP contribution in [0.4, 0.5) is 0 Å². The van der Waals surface area contributed by atoms with Crippen LogP contribution in [0.25, 0.3) is 11.0 Å². The number of hydrogen-bond acceptors (Lipinski definition) is 3. The lowest BCUT2D eigenvalue weighted by atomic mass is 9.79. The van der Waals surface area contributed by atoms with E-state index in [4.69, 9.17) is 0 Å². The van der Waals surface area contributed by atoms with Crippen molar-refractivity contribution in [2.45, 2.75) is 56.9 Å². The molecule has 1 aliphatic carbocycles. The van der Waals surface area contributed by atoms with Gasteiger partial charge in [0.15, 0.2) is 0 Å². The lowest BCUT2D eigenvalue weighted by molar-refractivity contribution is 0.0326. The number of nitrogens with zero attached hydrogens (tertiary/aromatic N) is 3. The van der Waals surface area contributed by atoms with E-state index in [2.05, 4.69) is 15.2 Å². The van der Waals surface area contributed by atoms with Gasteiger partial charge in [-0.2, -0.15) is 0 Å². The number of piperidine rings is 1. The average molecular weight is 354 g/mol. The van der Waals surface area contributed by atoms with Crippen molar-refractivity contribution in [1.29, 1.82) is 0 Å². The normalized spacial score (nSPS) is 21.0. The first kappa shape index (κ1) is 17.5. The predicted molar refractivity (Wildman–Crippen MR) is 104 cm³/mol. The first-order valence-corrected chi connectivity index (χ1v) is 10.1. The molecule has 140 valence electrons. The number of carbonyl (C=O) groups excluding carboxylic acids is 1. The lowest BCUT2D eigenvalue weighted by Crippen LogP contribution is -2.58. The topological polar surface area (TPSA) is 50.2 Å². The quantitative estimate of drug-likeness (QED) is 0.914. The van der Waals surface area contributed by atoms with E-state index in [9.17, 15) is 4.79 Å². The average Bonchev–Trinajstić information content (AvgIpc) is 3.08. The van der Waals surface area contributed by atoms with Gasteiger partial charge >= 0.3 is 0 Å². The van der Waals surface area contributed by atoms with Crippen LogP contribution >= 0.6 is 0 Å². The van der Waals surface area contributed by atoms with E-state index in [0.29, 0.717) is 5.56 Å². The summed E-state index contributed by atoms with van der Waals surface area (Å²) in [6, 6.07) is 5.80. The third-order valence-electron chi connectivity index (χ3n) is 6.38. The van der Waals surface area contributed by atoms with Crippen molar-refractivity contribution in [1.82, 2.24) is 19.8 Å². The number of imidazole rings is 1. The predicted octanol–water partition coefficient (Wildman–Crippen LogP) is 3.49. The Kier molecular flexibility index (Phi) is 4.98. The van der Waals surface area contributed by atoms with E-state index >= 15 is 0 Å². The van der Waals surface area contributed by atoms with Gasteiger partial charge in [0.2, 0.25) is 0 Å². The number of likely N-dealkylation sites (tertiary alicyclic amines) is 1. The molecule has 26 heavy (non-hydrogen) atoms. The van der Waals surface area contributed by atoms with Crippen molar-refractivity contribution >= 4 is 16.9 Å². The number of nitrogens with one attached hydrogen (secondary N) is 1. The summed E-state index contributed by atoms with van der Waals surface area (Å²) < 4.78 is 1.98. The fourth-order valence-corrected chi connectivity index (χ4v) is 4.81. The van der Waals surface area contributed by atoms with Crippen molar-refractivity contribution in [3.8, 4) is 0 Å². The van der Waals surface area contributed by atoms with Crippen molar-refractivity contribution in [2.75, 3.05) is 19.6 Å². The Bertz CT molecular complexity index is 769. The fraction of sp³-hybridized carbons (Fsp3) is 0.619. The Balaban J connectivity index is 1.48. The molecule has 0 radical (unpaired) electrons. The van der Waals surface area contributed by atoms with Gasteiger partial charge in [-0.25, -0.2) is 4.98 Å².